The van der Waals surface area contributed by atoms with Gasteiger partial charge in [-0.15, -0.1) is 0 Å². The number of fused-ring (bicyclic) bond motifs is 1. The van der Waals surface area contributed by atoms with E-state index in [1.807, 2.05) is 26.8 Å². The normalized spacial score (nSPS) is 11.7. The second-order valence-electron chi connectivity index (χ2n) is 6.29. The molecule has 1 aromatic carbocycles. The fourth-order valence-corrected chi connectivity index (χ4v) is 2.39. The lowest BCUT2D eigenvalue weighted by molar-refractivity contribution is 0.0547. The van der Waals surface area contributed by atoms with Gasteiger partial charge < -0.3 is 4.74 Å². The van der Waals surface area contributed by atoms with Crippen molar-refractivity contribution in [2.45, 2.75) is 26.4 Å². The molecule has 3 rings (SSSR count). The number of carbonyl (C=O) groups is 1. The second-order valence-corrected chi connectivity index (χ2v) is 6.29. The van der Waals surface area contributed by atoms with Crippen molar-refractivity contribution in [3.8, 4) is 11.3 Å². The molecule has 0 bridgehead atoms. The summed E-state index contributed by atoms with van der Waals surface area (Å²) >= 11 is 0. The standard InChI is InChI=1S/C18H17FN2O2/c1-18(2,3)23-17(22)21-15-8-9-20-11-13(15)10-16(21)12-4-6-14(19)7-5-12/h4-11H,1-3H3. The van der Waals surface area contributed by atoms with Crippen LogP contribution in [0.25, 0.3) is 22.2 Å². The Morgan fingerprint density at radius 3 is 2.52 bits per heavy atom. The lowest BCUT2D eigenvalue weighted by Gasteiger charge is -2.21. The summed E-state index contributed by atoms with van der Waals surface area (Å²) in [6, 6.07) is 9.61. The molecular formula is C18H17FN2O2. The second kappa shape index (κ2) is 5.50. The van der Waals surface area contributed by atoms with E-state index in [2.05, 4.69) is 4.98 Å². The van der Waals surface area contributed by atoms with Gasteiger partial charge in [-0.1, -0.05) is 0 Å². The molecule has 0 aliphatic rings. The van der Waals surface area contributed by atoms with Crippen molar-refractivity contribution in [3.63, 3.8) is 0 Å². The lowest BCUT2D eigenvalue weighted by Crippen LogP contribution is -2.27. The topological polar surface area (TPSA) is 44.1 Å². The van der Waals surface area contributed by atoms with E-state index in [1.165, 1.54) is 16.7 Å². The van der Waals surface area contributed by atoms with E-state index in [-0.39, 0.29) is 5.82 Å². The number of nitrogens with zero attached hydrogens (tertiary/aromatic N) is 2. The summed E-state index contributed by atoms with van der Waals surface area (Å²) in [5, 5.41) is 0.817. The van der Waals surface area contributed by atoms with Crippen LogP contribution in [-0.2, 0) is 4.74 Å². The van der Waals surface area contributed by atoms with Crippen LogP contribution in [0.1, 0.15) is 20.8 Å². The number of aromatic nitrogens is 2. The number of hydrogen-bond acceptors (Lipinski definition) is 3. The van der Waals surface area contributed by atoms with Crippen molar-refractivity contribution in [1.29, 1.82) is 0 Å². The minimum atomic E-state index is -0.610. The van der Waals surface area contributed by atoms with Crippen molar-refractivity contribution < 1.29 is 13.9 Å². The Hall–Kier alpha value is -2.69. The first-order valence-corrected chi connectivity index (χ1v) is 7.30. The fourth-order valence-electron chi connectivity index (χ4n) is 2.39. The van der Waals surface area contributed by atoms with Crippen molar-refractivity contribution >= 4 is 17.0 Å². The van der Waals surface area contributed by atoms with Crippen molar-refractivity contribution in [2.24, 2.45) is 0 Å². The Bertz CT molecular complexity index is 861. The maximum absolute atomic E-state index is 13.2. The minimum absolute atomic E-state index is 0.324. The Kier molecular flexibility index (Phi) is 3.64. The van der Waals surface area contributed by atoms with Crippen LogP contribution in [-0.4, -0.2) is 21.2 Å². The Balaban J connectivity index is 2.19. The molecule has 0 N–H and O–H groups in total. The summed E-state index contributed by atoms with van der Waals surface area (Å²) in [5.41, 5.74) is 1.46. The van der Waals surface area contributed by atoms with Gasteiger partial charge in [0.05, 0.1) is 11.2 Å². The van der Waals surface area contributed by atoms with Crippen LogP contribution in [0.15, 0.2) is 48.8 Å². The number of hydrogen-bond donors (Lipinski definition) is 0. The van der Waals surface area contributed by atoms with Gasteiger partial charge in [0, 0.05) is 17.8 Å². The van der Waals surface area contributed by atoms with E-state index in [0.717, 1.165) is 10.9 Å². The fraction of sp³-hybridized carbons (Fsp3) is 0.222. The van der Waals surface area contributed by atoms with Crippen LogP contribution < -0.4 is 0 Å². The van der Waals surface area contributed by atoms with Crippen LogP contribution in [0, 0.1) is 5.82 Å². The summed E-state index contributed by atoms with van der Waals surface area (Å²) in [7, 11) is 0. The lowest BCUT2D eigenvalue weighted by atomic mass is 10.1. The zero-order valence-corrected chi connectivity index (χ0v) is 13.2. The van der Waals surface area contributed by atoms with E-state index in [9.17, 15) is 9.18 Å². The zero-order valence-electron chi connectivity index (χ0n) is 13.2. The molecule has 118 valence electrons. The smallest absolute Gasteiger partial charge is 0.419 e. The molecule has 0 fully saturated rings. The third-order valence-electron chi connectivity index (χ3n) is 3.32. The summed E-state index contributed by atoms with van der Waals surface area (Å²) < 4.78 is 20.2. The molecule has 2 heterocycles. The maximum Gasteiger partial charge on any atom is 0.419 e. The van der Waals surface area contributed by atoms with Crippen molar-refractivity contribution in [2.75, 3.05) is 0 Å². The highest BCUT2D eigenvalue weighted by Gasteiger charge is 2.22. The quantitative estimate of drug-likeness (QED) is 0.658. The molecule has 0 atom stereocenters. The van der Waals surface area contributed by atoms with Gasteiger partial charge >= 0.3 is 6.09 Å². The summed E-state index contributed by atoms with van der Waals surface area (Å²) in [6.07, 6.45) is 2.83. The van der Waals surface area contributed by atoms with E-state index >= 15 is 0 Å². The van der Waals surface area contributed by atoms with E-state index in [0.29, 0.717) is 11.2 Å². The summed E-state index contributed by atoms with van der Waals surface area (Å²) in [6.45, 7) is 5.45. The Labute approximate surface area is 133 Å². The van der Waals surface area contributed by atoms with Gasteiger partial charge in [-0.2, -0.15) is 0 Å². The van der Waals surface area contributed by atoms with Gasteiger partial charge in [-0.25, -0.2) is 13.8 Å². The highest BCUT2D eigenvalue weighted by Crippen LogP contribution is 2.29. The van der Waals surface area contributed by atoms with Gasteiger partial charge in [0.2, 0.25) is 0 Å². The first-order valence-electron chi connectivity index (χ1n) is 7.30. The first kappa shape index (κ1) is 15.2. The van der Waals surface area contributed by atoms with E-state index < -0.39 is 11.7 Å². The molecule has 5 heteroatoms. The van der Waals surface area contributed by atoms with Gasteiger partial charge in [0.25, 0.3) is 0 Å². The molecule has 0 radical (unpaired) electrons. The van der Waals surface area contributed by atoms with Gasteiger partial charge in [-0.3, -0.25) is 4.98 Å². The molecule has 0 unspecified atom stereocenters. The Morgan fingerprint density at radius 1 is 1.17 bits per heavy atom. The number of pyridine rings is 1. The first-order chi connectivity index (χ1) is 10.8. The highest BCUT2D eigenvalue weighted by atomic mass is 19.1. The summed E-state index contributed by atoms with van der Waals surface area (Å²) in [5.74, 6) is -0.324. The van der Waals surface area contributed by atoms with Crippen LogP contribution >= 0.6 is 0 Å². The average Bonchev–Trinajstić information content (AvgIpc) is 2.85. The number of ether oxygens (including phenoxy) is 1. The number of halogens is 1. The van der Waals surface area contributed by atoms with Crippen LogP contribution in [0.3, 0.4) is 0 Å². The number of carbonyl (C=O) groups excluding carboxylic acids is 1. The highest BCUT2D eigenvalue weighted by molar-refractivity contribution is 5.95. The zero-order chi connectivity index (χ0) is 16.6. The van der Waals surface area contributed by atoms with Gasteiger partial charge in [0.15, 0.2) is 0 Å². The molecule has 0 amide bonds. The maximum atomic E-state index is 13.2. The van der Waals surface area contributed by atoms with Gasteiger partial charge in [0.1, 0.15) is 11.4 Å². The van der Waals surface area contributed by atoms with Crippen LogP contribution in [0.4, 0.5) is 9.18 Å². The third kappa shape index (κ3) is 3.08. The van der Waals surface area contributed by atoms with E-state index in [4.69, 9.17) is 4.74 Å². The van der Waals surface area contributed by atoms with Crippen LogP contribution in [0.2, 0.25) is 0 Å². The monoisotopic (exact) mass is 312 g/mol. The molecule has 0 aliphatic heterocycles. The number of rotatable bonds is 1. The third-order valence-corrected chi connectivity index (χ3v) is 3.32. The van der Waals surface area contributed by atoms with Gasteiger partial charge in [-0.05, 0) is 62.7 Å². The molecule has 0 spiro atoms. The SMILES string of the molecule is CC(C)(C)OC(=O)n1c(-c2ccc(F)cc2)cc2cnccc21. The molecular weight excluding hydrogens is 295 g/mol. The van der Waals surface area contributed by atoms with E-state index in [1.54, 1.807) is 30.6 Å². The predicted molar refractivity (Wildman–Crippen MR) is 86.8 cm³/mol. The molecule has 0 saturated heterocycles. The molecule has 23 heavy (non-hydrogen) atoms. The largest absolute Gasteiger partial charge is 0.443 e. The van der Waals surface area contributed by atoms with Crippen LogP contribution in [0.5, 0.6) is 0 Å². The molecule has 0 saturated carbocycles. The molecule has 0 aliphatic carbocycles. The predicted octanol–water partition coefficient (Wildman–Crippen LogP) is 4.63. The number of benzene rings is 1. The van der Waals surface area contributed by atoms with Crippen molar-refractivity contribution in [3.05, 3.63) is 54.6 Å². The van der Waals surface area contributed by atoms with Crippen molar-refractivity contribution in [1.82, 2.24) is 9.55 Å². The minimum Gasteiger partial charge on any atom is -0.443 e. The summed E-state index contributed by atoms with van der Waals surface area (Å²) in [4.78, 5) is 16.7. The molecule has 4 nitrogen and oxygen atoms in total. The Morgan fingerprint density at radius 2 is 1.87 bits per heavy atom. The molecule has 3 aromatic rings. The molecule has 2 aromatic heterocycles. The average molecular weight is 312 g/mol.